The molecule has 0 atom stereocenters. The van der Waals surface area contributed by atoms with Crippen molar-refractivity contribution in [2.45, 2.75) is 24.3 Å². The third-order valence-electron chi connectivity index (χ3n) is 1.35. The third-order valence-corrected chi connectivity index (χ3v) is 1.85. The van der Waals surface area contributed by atoms with Gasteiger partial charge in [-0.2, -0.15) is 0 Å². The van der Waals surface area contributed by atoms with Crippen molar-refractivity contribution in [2.24, 2.45) is 0 Å². The maximum atomic E-state index is 10.3. The Morgan fingerprint density at radius 2 is 1.83 bits per heavy atom. The van der Waals surface area contributed by atoms with Gasteiger partial charge in [0.1, 0.15) is 0 Å². The predicted octanol–water partition coefficient (Wildman–Crippen LogP) is 2.13. The minimum Gasteiger partial charge on any atom is -0.872 e. The number of hydrogen-bond donors (Lipinski definition) is 0. The van der Waals surface area contributed by atoms with E-state index in [1.165, 1.54) is 29.5 Å². The van der Waals surface area contributed by atoms with Gasteiger partial charge in [-0.3, -0.25) is 0 Å². The molecule has 0 bridgehead atoms. The van der Waals surface area contributed by atoms with Crippen LogP contribution in [0.1, 0.15) is 19.8 Å². The second kappa shape index (κ2) is 8.88. The molecule has 0 radical (unpaired) electrons. The van der Waals surface area contributed by atoms with Crippen LogP contribution in [0.25, 0.3) is 0 Å². The molecule has 0 amide bonds. The Balaban J connectivity index is 0.000000217. The first-order valence-corrected chi connectivity index (χ1v) is 5.32. The number of hydrogen-bond acceptors (Lipinski definition) is 1. The number of benzene rings is 1. The van der Waals surface area contributed by atoms with E-state index in [0.717, 1.165) is 0 Å². The third kappa shape index (κ3) is 7.89. The molecule has 1 nitrogen and oxygen atoms in total. The van der Waals surface area contributed by atoms with E-state index < -0.39 is 0 Å². The summed E-state index contributed by atoms with van der Waals surface area (Å²) in [5, 5.41) is 10.3. The average Bonchev–Trinajstić information content (AvgIpc) is 2.08. The first-order chi connectivity index (χ1) is 5.81. The van der Waals surface area contributed by atoms with Gasteiger partial charge in [0.2, 0.25) is 0 Å². The van der Waals surface area contributed by atoms with E-state index in [0.29, 0.717) is 0 Å². The van der Waals surface area contributed by atoms with Crippen molar-refractivity contribution in [1.29, 1.82) is 0 Å². The van der Waals surface area contributed by atoms with Crippen LogP contribution in [0.3, 0.4) is 0 Å². The molecule has 0 spiro atoms. The summed E-state index contributed by atoms with van der Waals surface area (Å²) in [4.78, 5) is 0. The monoisotopic (exact) mass is 174 g/mol. The molecule has 0 unspecified atom stereocenters. The summed E-state index contributed by atoms with van der Waals surface area (Å²) in [5.41, 5.74) is 0. The van der Waals surface area contributed by atoms with Gasteiger partial charge in [0.25, 0.3) is 0 Å². The van der Waals surface area contributed by atoms with Crippen LogP contribution in [-0.2, 0) is 0 Å². The molecule has 1 rings (SSSR count). The second-order valence-corrected chi connectivity index (χ2v) is 3.23. The molecule has 0 saturated heterocycles. The average molecular weight is 175 g/mol. The summed E-state index contributed by atoms with van der Waals surface area (Å²) < 4.78 is 1.37. The van der Waals surface area contributed by atoms with Gasteiger partial charge < -0.3 is 5.11 Å². The molecule has 0 fully saturated rings. The van der Waals surface area contributed by atoms with Crippen LogP contribution in [0, 0.1) is 0 Å². The van der Waals surface area contributed by atoms with E-state index >= 15 is 0 Å². The first-order valence-electron chi connectivity index (χ1n) is 4.32. The van der Waals surface area contributed by atoms with Crippen LogP contribution in [0.15, 0.2) is 30.3 Å². The van der Waals surface area contributed by atoms with Crippen molar-refractivity contribution in [2.75, 3.05) is 0 Å². The topological polar surface area (TPSA) is 23.1 Å². The number of para-hydroxylation sites is 1. The molecule has 0 aliphatic rings. The van der Waals surface area contributed by atoms with Crippen LogP contribution in [0.5, 0.6) is 5.75 Å². The molecule has 12 heavy (non-hydrogen) atoms. The van der Waals surface area contributed by atoms with E-state index in [2.05, 4.69) is 6.92 Å². The Hall–Kier alpha value is -0.214. The molecular weight excluding hydrogens is 160 g/mol. The zero-order chi connectivity index (χ0) is 9.23. The molecule has 0 aliphatic carbocycles. The Labute approximate surface area is 87.2 Å². The van der Waals surface area contributed by atoms with Gasteiger partial charge in [-0.05, 0) is 0 Å². The van der Waals surface area contributed by atoms with E-state index in [1.807, 2.05) is 27.8 Å². The molecule has 62 valence electrons. The van der Waals surface area contributed by atoms with E-state index in [-0.39, 0.29) is 5.75 Å². The summed E-state index contributed by atoms with van der Waals surface area (Å²) in [6, 6.07) is 8.33. The molecule has 0 heterocycles. The summed E-state index contributed by atoms with van der Waals surface area (Å²) in [6.45, 7) is 2.22. The quantitative estimate of drug-likeness (QED) is 0.630. The summed E-state index contributed by atoms with van der Waals surface area (Å²) in [5.74, 6) is 0.0718. The fourth-order valence-electron chi connectivity index (χ4n) is 0.670. The Morgan fingerprint density at radius 3 is 2.00 bits per heavy atom. The zero-order valence-electron chi connectivity index (χ0n) is 7.62. The summed E-state index contributed by atoms with van der Waals surface area (Å²) >= 11 is 2.05. The van der Waals surface area contributed by atoms with Gasteiger partial charge in [0.05, 0.1) is 0 Å². The Morgan fingerprint density at radius 1 is 1.25 bits per heavy atom. The molecular formula is C10H14MgO. The Kier molecular flexibility index (Phi) is 8.72. The van der Waals surface area contributed by atoms with Crippen molar-refractivity contribution in [3.05, 3.63) is 30.3 Å². The van der Waals surface area contributed by atoms with Crippen molar-refractivity contribution >= 4 is 21.7 Å². The van der Waals surface area contributed by atoms with Crippen LogP contribution in [0.4, 0.5) is 0 Å². The van der Waals surface area contributed by atoms with Crippen molar-refractivity contribution in [3.8, 4) is 5.75 Å². The van der Waals surface area contributed by atoms with E-state index in [4.69, 9.17) is 0 Å². The van der Waals surface area contributed by atoms with Gasteiger partial charge in [-0.15, -0.1) is 5.75 Å². The van der Waals surface area contributed by atoms with Gasteiger partial charge in [-0.25, -0.2) is 0 Å². The van der Waals surface area contributed by atoms with Crippen molar-refractivity contribution in [3.63, 3.8) is 0 Å². The SMILES string of the molecule is CCC[CH2][Mg+].[O-]c1ccccc1. The normalized spacial score (nSPS) is 8.58. The molecule has 0 saturated carbocycles. The minimum absolute atomic E-state index is 0.0718. The molecule has 2 heteroatoms. The largest absolute Gasteiger partial charge is 0.872 e. The molecule has 1 aromatic rings. The van der Waals surface area contributed by atoms with E-state index in [1.54, 1.807) is 12.1 Å². The van der Waals surface area contributed by atoms with Gasteiger partial charge in [0.15, 0.2) is 0 Å². The second-order valence-electron chi connectivity index (χ2n) is 2.52. The maximum Gasteiger partial charge on any atom is -0.0623 e. The van der Waals surface area contributed by atoms with Crippen LogP contribution in [0.2, 0.25) is 4.55 Å². The minimum atomic E-state index is 0.0718. The van der Waals surface area contributed by atoms with E-state index in [9.17, 15) is 5.11 Å². The number of unbranched alkanes of at least 4 members (excludes halogenated alkanes) is 1. The van der Waals surface area contributed by atoms with Crippen molar-refractivity contribution < 1.29 is 5.11 Å². The maximum absolute atomic E-state index is 10.3. The fraction of sp³-hybridized carbons (Fsp3) is 0.400. The van der Waals surface area contributed by atoms with Crippen LogP contribution >= 0.6 is 0 Å². The van der Waals surface area contributed by atoms with Gasteiger partial charge >= 0.3 is 46.0 Å². The van der Waals surface area contributed by atoms with Gasteiger partial charge in [-0.1, -0.05) is 30.3 Å². The zero-order valence-corrected chi connectivity index (χ0v) is 9.04. The molecule has 0 N–H and O–H groups in total. The molecule has 0 aliphatic heterocycles. The predicted molar refractivity (Wildman–Crippen MR) is 51.4 cm³/mol. The Bertz CT molecular complexity index is 172. The van der Waals surface area contributed by atoms with Crippen molar-refractivity contribution in [1.82, 2.24) is 0 Å². The van der Waals surface area contributed by atoms with Crippen LogP contribution < -0.4 is 5.11 Å². The molecule has 1 aromatic carbocycles. The smallest absolute Gasteiger partial charge is 0.0623 e. The summed E-state index contributed by atoms with van der Waals surface area (Å²) in [6.07, 6.45) is 2.75. The summed E-state index contributed by atoms with van der Waals surface area (Å²) in [7, 11) is 0. The fourth-order valence-corrected chi connectivity index (χ4v) is 1.17. The number of rotatable bonds is 2. The van der Waals surface area contributed by atoms with Crippen LogP contribution in [-0.4, -0.2) is 21.7 Å². The van der Waals surface area contributed by atoms with Gasteiger partial charge in [0, 0.05) is 0 Å². The standard InChI is InChI=1S/C6H6O.C4H9.Mg/c7-6-4-2-1-3-5-6;1-3-4-2;/h1-5,7H;1,3-4H2,2H3;/q;;+1/p-1. The molecule has 0 aromatic heterocycles. The first kappa shape index (κ1) is 11.8.